The van der Waals surface area contributed by atoms with E-state index in [-0.39, 0.29) is 5.96 Å². The zero-order valence-corrected chi connectivity index (χ0v) is 13.6. The average Bonchev–Trinajstić information content (AvgIpc) is 2.52. The molecule has 0 atom stereocenters. The molecule has 124 valence electrons. The zero-order chi connectivity index (χ0) is 17.5. The van der Waals surface area contributed by atoms with Crippen LogP contribution in [0.2, 0.25) is 10.0 Å². The average molecular weight is 368 g/mol. The van der Waals surface area contributed by atoms with Crippen LogP contribution in [0.5, 0.6) is 0 Å². The molecule has 2 amide bonds. The molecule has 24 heavy (non-hydrogen) atoms. The number of benzene rings is 2. The summed E-state index contributed by atoms with van der Waals surface area (Å²) >= 11 is 11.9. The topological polar surface area (TPSA) is 89.4 Å². The number of halogens is 3. The van der Waals surface area contributed by atoms with Crippen LogP contribution < -0.4 is 16.1 Å². The Kier molecular flexibility index (Phi) is 6.11. The number of nitrogens with zero attached hydrogens (tertiary/aromatic N) is 1. The summed E-state index contributed by atoms with van der Waals surface area (Å²) in [5.74, 6) is -0.781. The molecule has 0 radical (unpaired) electrons. The molecule has 0 aliphatic heterocycles. The maximum Gasteiger partial charge on any atom is 0.326 e. The van der Waals surface area contributed by atoms with Gasteiger partial charge in [-0.1, -0.05) is 29.3 Å². The van der Waals surface area contributed by atoms with Crippen molar-refractivity contribution < 1.29 is 9.18 Å². The number of guanidine groups is 1. The minimum atomic E-state index is -0.676. The van der Waals surface area contributed by atoms with Gasteiger partial charge in [-0.25, -0.2) is 14.6 Å². The second-order valence-corrected chi connectivity index (χ2v) is 5.28. The van der Waals surface area contributed by atoms with Crippen LogP contribution in [-0.4, -0.2) is 18.2 Å². The third-order valence-corrected chi connectivity index (χ3v) is 3.37. The molecule has 4 N–H and O–H groups in total. The number of hydrogen-bond donors (Lipinski definition) is 4. The van der Waals surface area contributed by atoms with Gasteiger partial charge in [-0.2, -0.15) is 5.10 Å². The van der Waals surface area contributed by atoms with Gasteiger partial charge in [-0.15, -0.1) is 0 Å². The first-order valence-corrected chi connectivity index (χ1v) is 7.36. The molecule has 2 rings (SSSR count). The lowest BCUT2D eigenvalue weighted by Crippen LogP contribution is -2.40. The molecule has 0 unspecified atom stereocenters. The highest BCUT2D eigenvalue weighted by Crippen LogP contribution is 2.21. The van der Waals surface area contributed by atoms with Crippen molar-refractivity contribution in [2.75, 3.05) is 5.32 Å². The standard InChI is InChI=1S/C15H12Cl2FN5O/c16-12-2-1-3-13(17)11(12)8-20-23-14(19)22-15(24)21-10-6-4-9(18)5-7-10/h1-8H,(H4,19,21,22,23,24). The number of amides is 2. The fourth-order valence-corrected chi connectivity index (χ4v) is 2.13. The van der Waals surface area contributed by atoms with Gasteiger partial charge in [0, 0.05) is 11.3 Å². The number of hydrogen-bond acceptors (Lipinski definition) is 3. The van der Waals surface area contributed by atoms with Gasteiger partial charge in [0.2, 0.25) is 5.96 Å². The Bertz CT molecular complexity index is 760. The van der Waals surface area contributed by atoms with Crippen LogP contribution in [0, 0.1) is 11.2 Å². The molecule has 0 saturated heterocycles. The Labute approximate surface area is 147 Å². The first-order valence-electron chi connectivity index (χ1n) is 6.61. The number of anilines is 1. The summed E-state index contributed by atoms with van der Waals surface area (Å²) in [6, 6.07) is 9.51. The van der Waals surface area contributed by atoms with E-state index in [1.54, 1.807) is 18.2 Å². The predicted molar refractivity (Wildman–Crippen MR) is 93.5 cm³/mol. The Balaban J connectivity index is 1.85. The van der Waals surface area contributed by atoms with Crippen LogP contribution in [0.3, 0.4) is 0 Å². The van der Waals surface area contributed by atoms with Crippen molar-refractivity contribution in [2.24, 2.45) is 5.10 Å². The lowest BCUT2D eigenvalue weighted by molar-refractivity contribution is 0.256. The molecular weight excluding hydrogens is 356 g/mol. The lowest BCUT2D eigenvalue weighted by Gasteiger charge is -2.08. The molecule has 0 aliphatic rings. The first-order chi connectivity index (χ1) is 11.5. The van der Waals surface area contributed by atoms with Gasteiger partial charge in [0.1, 0.15) is 5.82 Å². The zero-order valence-electron chi connectivity index (χ0n) is 12.1. The van der Waals surface area contributed by atoms with E-state index >= 15 is 0 Å². The van der Waals surface area contributed by atoms with Crippen molar-refractivity contribution in [1.29, 1.82) is 5.41 Å². The number of urea groups is 1. The number of rotatable bonds is 3. The van der Waals surface area contributed by atoms with E-state index in [9.17, 15) is 9.18 Å². The molecule has 0 saturated carbocycles. The number of hydrazone groups is 1. The van der Waals surface area contributed by atoms with E-state index < -0.39 is 11.8 Å². The number of carbonyl (C=O) groups is 1. The SMILES string of the molecule is N=C(NN=Cc1c(Cl)cccc1Cl)NC(=O)Nc1ccc(F)cc1. The number of nitrogens with one attached hydrogen (secondary N) is 4. The molecule has 6 nitrogen and oxygen atoms in total. The van der Waals surface area contributed by atoms with Crippen LogP contribution >= 0.6 is 23.2 Å². The first kappa shape index (κ1) is 17.7. The molecule has 0 heterocycles. The Morgan fingerprint density at radius 1 is 1.12 bits per heavy atom. The van der Waals surface area contributed by atoms with Gasteiger partial charge in [0.05, 0.1) is 16.3 Å². The van der Waals surface area contributed by atoms with Crippen LogP contribution in [0.1, 0.15) is 5.56 Å². The van der Waals surface area contributed by atoms with Gasteiger partial charge in [0.15, 0.2) is 0 Å². The van der Waals surface area contributed by atoms with Crippen molar-refractivity contribution in [3.8, 4) is 0 Å². The highest BCUT2D eigenvalue weighted by molar-refractivity contribution is 6.38. The molecule has 2 aromatic carbocycles. The van der Waals surface area contributed by atoms with Crippen molar-refractivity contribution in [1.82, 2.24) is 10.7 Å². The quantitative estimate of drug-likeness (QED) is 0.377. The van der Waals surface area contributed by atoms with Crippen molar-refractivity contribution in [2.45, 2.75) is 0 Å². The fraction of sp³-hybridized carbons (Fsp3) is 0. The van der Waals surface area contributed by atoms with Crippen LogP contribution in [-0.2, 0) is 0 Å². The van der Waals surface area contributed by atoms with Crippen molar-refractivity contribution in [3.63, 3.8) is 0 Å². The van der Waals surface area contributed by atoms with Crippen LogP contribution in [0.4, 0.5) is 14.9 Å². The summed E-state index contributed by atoms with van der Waals surface area (Å²) in [5.41, 5.74) is 3.18. The Morgan fingerprint density at radius 2 is 1.75 bits per heavy atom. The highest BCUT2D eigenvalue weighted by Gasteiger charge is 2.05. The summed E-state index contributed by atoms with van der Waals surface area (Å²) in [6.07, 6.45) is 1.33. The highest BCUT2D eigenvalue weighted by atomic mass is 35.5. The molecule has 0 bridgehead atoms. The molecular formula is C15H12Cl2FN5O. The smallest absolute Gasteiger partial charge is 0.308 e. The molecule has 0 aromatic heterocycles. The van der Waals surface area contributed by atoms with Crippen LogP contribution in [0.25, 0.3) is 0 Å². The largest absolute Gasteiger partial charge is 0.326 e. The van der Waals surface area contributed by atoms with Gasteiger partial charge in [-0.05, 0) is 36.4 Å². The summed E-state index contributed by atoms with van der Waals surface area (Å²) in [7, 11) is 0. The molecule has 0 fully saturated rings. The lowest BCUT2D eigenvalue weighted by atomic mass is 10.2. The third kappa shape index (κ3) is 5.22. The van der Waals surface area contributed by atoms with Crippen molar-refractivity contribution in [3.05, 3.63) is 63.9 Å². The van der Waals surface area contributed by atoms with E-state index in [1.165, 1.54) is 30.5 Å². The molecule has 9 heteroatoms. The second-order valence-electron chi connectivity index (χ2n) is 4.47. The molecule has 2 aromatic rings. The third-order valence-electron chi connectivity index (χ3n) is 2.71. The van der Waals surface area contributed by atoms with E-state index in [1.807, 2.05) is 0 Å². The summed E-state index contributed by atoms with van der Waals surface area (Å²) in [5, 5.41) is 16.8. The van der Waals surface area contributed by atoms with E-state index in [0.717, 1.165) is 0 Å². The summed E-state index contributed by atoms with van der Waals surface area (Å²) < 4.78 is 12.8. The van der Waals surface area contributed by atoms with Gasteiger partial charge in [-0.3, -0.25) is 10.7 Å². The number of carbonyl (C=O) groups excluding carboxylic acids is 1. The fourth-order valence-electron chi connectivity index (χ4n) is 1.63. The van der Waals surface area contributed by atoms with Gasteiger partial charge in [0.25, 0.3) is 0 Å². The van der Waals surface area contributed by atoms with E-state index in [4.69, 9.17) is 28.6 Å². The Morgan fingerprint density at radius 3 is 2.38 bits per heavy atom. The predicted octanol–water partition coefficient (Wildman–Crippen LogP) is 3.81. The maximum atomic E-state index is 12.8. The maximum absolute atomic E-state index is 12.8. The molecule has 0 spiro atoms. The van der Waals surface area contributed by atoms with Crippen molar-refractivity contribution >= 4 is 47.1 Å². The molecule has 0 aliphatic carbocycles. The van der Waals surface area contributed by atoms with E-state index in [2.05, 4.69) is 21.2 Å². The normalized spacial score (nSPS) is 10.5. The second kappa shape index (κ2) is 8.28. The summed E-state index contributed by atoms with van der Waals surface area (Å²) in [6.45, 7) is 0. The summed E-state index contributed by atoms with van der Waals surface area (Å²) in [4.78, 5) is 11.7. The van der Waals surface area contributed by atoms with E-state index in [0.29, 0.717) is 21.3 Å². The van der Waals surface area contributed by atoms with Gasteiger partial charge < -0.3 is 5.32 Å². The Hall–Kier alpha value is -2.64. The minimum absolute atomic E-state index is 0.367. The van der Waals surface area contributed by atoms with Gasteiger partial charge >= 0.3 is 6.03 Å². The monoisotopic (exact) mass is 367 g/mol. The minimum Gasteiger partial charge on any atom is -0.308 e. The van der Waals surface area contributed by atoms with Crippen LogP contribution in [0.15, 0.2) is 47.6 Å².